The Kier molecular flexibility index (Phi) is 24.6. The van der Waals surface area contributed by atoms with Crippen LogP contribution in [0.2, 0.25) is 0 Å². The molecular weight excluding hydrogens is 448 g/mol. The number of allylic oxidation sites excluding steroid dienone is 7. The molecule has 4 nitrogen and oxygen atoms in total. The number of carbonyl (C=O) groups is 2. The number of rotatable bonds is 10. The van der Waals surface area contributed by atoms with Crippen molar-refractivity contribution in [3.05, 3.63) is 121 Å². The van der Waals surface area contributed by atoms with Crippen LogP contribution < -0.4 is 4.74 Å². The second-order valence-corrected chi connectivity index (χ2v) is 5.89. The molecule has 0 aliphatic carbocycles. The molecular formula is C32H44O4. The van der Waals surface area contributed by atoms with Crippen molar-refractivity contribution in [3.8, 4) is 5.75 Å². The Balaban J connectivity index is -0.00000168. The molecule has 0 heterocycles. The standard InChI is InChI=1S/C26H26O4.3C2H6/c1-7-12-17-21(11-5)26(28)30-23-18-13-16-19(6)24(23)22(15-9-3)29-25(27)20(10-4)14-8-2;3*1-2/h7-18H,1-4H2,5-6H3;3*1-2H3/b17-12-,20-14+,21-11+,22-15+;;;. The number of hydrogen-bond acceptors (Lipinski definition) is 4. The Morgan fingerprint density at radius 2 is 1.39 bits per heavy atom. The Hall–Kier alpha value is -3.92. The second kappa shape index (κ2) is 24.2. The molecule has 0 bridgehead atoms. The summed E-state index contributed by atoms with van der Waals surface area (Å²) in [6, 6.07) is 5.19. The second-order valence-electron chi connectivity index (χ2n) is 5.89. The molecule has 0 fully saturated rings. The molecule has 1 rings (SSSR count). The molecule has 1 aromatic rings. The highest BCUT2D eigenvalue weighted by Gasteiger charge is 2.20. The SMILES string of the molecule is C=C/C=C\C(=C/C)C(=O)Oc1cccc(C)c1/C(=C\C=C)OC(=O)/C(C=C)=C/C=C.CC.CC.CC. The van der Waals surface area contributed by atoms with Crippen LogP contribution in [0.1, 0.15) is 59.6 Å². The fourth-order valence-electron chi connectivity index (χ4n) is 2.43. The van der Waals surface area contributed by atoms with Gasteiger partial charge in [-0.2, -0.15) is 0 Å². The first-order chi connectivity index (χ1) is 17.4. The predicted octanol–water partition coefficient (Wildman–Crippen LogP) is 9.04. The lowest BCUT2D eigenvalue weighted by molar-refractivity contribution is -0.132. The lowest BCUT2D eigenvalue weighted by atomic mass is 10.0. The summed E-state index contributed by atoms with van der Waals surface area (Å²) in [5.74, 6) is -0.733. The van der Waals surface area contributed by atoms with Crippen molar-refractivity contribution in [1.29, 1.82) is 0 Å². The first kappa shape index (κ1) is 36.6. The summed E-state index contributed by atoms with van der Waals surface area (Å²) in [6.45, 7) is 30.0. The van der Waals surface area contributed by atoms with Gasteiger partial charge in [-0.25, -0.2) is 9.59 Å². The Labute approximate surface area is 219 Å². The van der Waals surface area contributed by atoms with Crippen LogP contribution in [-0.2, 0) is 14.3 Å². The minimum atomic E-state index is -0.624. The van der Waals surface area contributed by atoms with Gasteiger partial charge < -0.3 is 9.47 Å². The van der Waals surface area contributed by atoms with Gasteiger partial charge in [0.2, 0.25) is 0 Å². The van der Waals surface area contributed by atoms with Crippen molar-refractivity contribution in [2.45, 2.75) is 55.4 Å². The molecule has 0 unspecified atom stereocenters. The smallest absolute Gasteiger partial charge is 0.343 e. The van der Waals surface area contributed by atoms with E-state index >= 15 is 0 Å². The van der Waals surface area contributed by atoms with E-state index in [0.29, 0.717) is 11.1 Å². The van der Waals surface area contributed by atoms with Crippen molar-refractivity contribution in [2.75, 3.05) is 0 Å². The van der Waals surface area contributed by atoms with Gasteiger partial charge in [-0.05, 0) is 43.7 Å². The van der Waals surface area contributed by atoms with Crippen LogP contribution in [-0.4, -0.2) is 11.9 Å². The number of esters is 2. The van der Waals surface area contributed by atoms with E-state index in [1.54, 1.807) is 43.4 Å². The lowest BCUT2D eigenvalue weighted by Gasteiger charge is -2.16. The average Bonchev–Trinajstić information content (AvgIpc) is 2.91. The highest BCUT2D eigenvalue weighted by molar-refractivity contribution is 5.96. The molecule has 4 heteroatoms. The maximum Gasteiger partial charge on any atom is 0.343 e. The van der Waals surface area contributed by atoms with Gasteiger partial charge >= 0.3 is 11.9 Å². The van der Waals surface area contributed by atoms with Gasteiger partial charge in [0, 0.05) is 0 Å². The zero-order valence-corrected chi connectivity index (χ0v) is 23.4. The minimum Gasteiger partial charge on any atom is -0.422 e. The summed E-state index contributed by atoms with van der Waals surface area (Å²) in [5.41, 5.74) is 1.80. The summed E-state index contributed by atoms with van der Waals surface area (Å²) in [6.07, 6.45) is 13.8. The van der Waals surface area contributed by atoms with Crippen LogP contribution in [0, 0.1) is 6.92 Å². The van der Waals surface area contributed by atoms with Gasteiger partial charge in [0.1, 0.15) is 11.5 Å². The van der Waals surface area contributed by atoms with Crippen LogP contribution in [0.15, 0.2) is 110 Å². The van der Waals surface area contributed by atoms with Crippen molar-refractivity contribution in [3.63, 3.8) is 0 Å². The minimum absolute atomic E-state index is 0.191. The molecule has 0 radical (unpaired) electrons. The molecule has 196 valence electrons. The monoisotopic (exact) mass is 492 g/mol. The van der Waals surface area contributed by atoms with Crippen LogP contribution in [0.4, 0.5) is 0 Å². The highest BCUT2D eigenvalue weighted by Crippen LogP contribution is 2.31. The number of carbonyl (C=O) groups excluding carboxylic acids is 2. The number of aryl methyl sites for hydroxylation is 1. The third-order valence-electron chi connectivity index (χ3n) is 3.87. The topological polar surface area (TPSA) is 52.6 Å². The van der Waals surface area contributed by atoms with Gasteiger partial charge in [0.25, 0.3) is 0 Å². The molecule has 0 saturated carbocycles. The Morgan fingerprint density at radius 1 is 0.806 bits per heavy atom. The van der Waals surface area contributed by atoms with E-state index < -0.39 is 11.9 Å². The van der Waals surface area contributed by atoms with Crippen LogP contribution in [0.3, 0.4) is 0 Å². The molecule has 0 atom stereocenters. The van der Waals surface area contributed by atoms with Crippen LogP contribution in [0.25, 0.3) is 5.76 Å². The van der Waals surface area contributed by atoms with Gasteiger partial charge in [-0.1, -0.05) is 116 Å². The summed E-state index contributed by atoms with van der Waals surface area (Å²) in [7, 11) is 0. The van der Waals surface area contributed by atoms with E-state index in [0.717, 1.165) is 5.56 Å². The Bertz CT molecular complexity index is 970. The van der Waals surface area contributed by atoms with Crippen molar-refractivity contribution in [1.82, 2.24) is 0 Å². The molecule has 0 amide bonds. The van der Waals surface area contributed by atoms with Crippen molar-refractivity contribution < 1.29 is 19.1 Å². The largest absolute Gasteiger partial charge is 0.422 e. The Morgan fingerprint density at radius 3 is 1.86 bits per heavy atom. The van der Waals surface area contributed by atoms with Crippen molar-refractivity contribution >= 4 is 17.7 Å². The van der Waals surface area contributed by atoms with E-state index in [9.17, 15) is 9.59 Å². The van der Waals surface area contributed by atoms with E-state index in [1.807, 2.05) is 54.5 Å². The summed E-state index contributed by atoms with van der Waals surface area (Å²) in [5, 5.41) is 0. The third-order valence-corrected chi connectivity index (χ3v) is 3.87. The lowest BCUT2D eigenvalue weighted by Crippen LogP contribution is -2.13. The van der Waals surface area contributed by atoms with E-state index in [1.165, 1.54) is 30.4 Å². The summed E-state index contributed by atoms with van der Waals surface area (Å²) < 4.78 is 11.2. The molecule has 0 aliphatic heterocycles. The van der Waals surface area contributed by atoms with Gasteiger partial charge in [0.15, 0.2) is 0 Å². The average molecular weight is 493 g/mol. The summed E-state index contributed by atoms with van der Waals surface area (Å²) >= 11 is 0. The molecule has 36 heavy (non-hydrogen) atoms. The summed E-state index contributed by atoms with van der Waals surface area (Å²) in [4.78, 5) is 25.1. The third kappa shape index (κ3) is 13.1. The van der Waals surface area contributed by atoms with Crippen LogP contribution in [0.5, 0.6) is 5.75 Å². The molecule has 0 saturated heterocycles. The number of ether oxygens (including phenoxy) is 2. The quantitative estimate of drug-likeness (QED) is 0.107. The maximum absolute atomic E-state index is 12.6. The highest BCUT2D eigenvalue weighted by atomic mass is 16.5. The van der Waals surface area contributed by atoms with Crippen molar-refractivity contribution in [2.24, 2.45) is 0 Å². The first-order valence-corrected chi connectivity index (χ1v) is 12.2. The van der Waals surface area contributed by atoms with Gasteiger partial charge in [-0.3, -0.25) is 0 Å². The molecule has 0 N–H and O–H groups in total. The molecule has 0 spiro atoms. The number of benzene rings is 1. The zero-order valence-electron chi connectivity index (χ0n) is 23.4. The van der Waals surface area contributed by atoms with E-state index in [-0.39, 0.29) is 17.1 Å². The van der Waals surface area contributed by atoms with E-state index in [2.05, 4.69) is 26.3 Å². The molecule has 1 aromatic carbocycles. The van der Waals surface area contributed by atoms with Crippen LogP contribution >= 0.6 is 0 Å². The van der Waals surface area contributed by atoms with E-state index in [4.69, 9.17) is 9.47 Å². The normalized spacial score (nSPS) is 10.7. The fraction of sp³-hybridized carbons (Fsp3) is 0.250. The van der Waals surface area contributed by atoms with Gasteiger partial charge in [0.05, 0.1) is 16.7 Å². The predicted molar refractivity (Wildman–Crippen MR) is 157 cm³/mol. The fourth-order valence-corrected chi connectivity index (χ4v) is 2.43. The molecule has 0 aliphatic rings. The zero-order chi connectivity index (χ0) is 28.5. The van der Waals surface area contributed by atoms with Gasteiger partial charge in [-0.15, -0.1) is 0 Å². The molecule has 0 aromatic heterocycles. The first-order valence-electron chi connectivity index (χ1n) is 12.2. The number of hydrogen-bond donors (Lipinski definition) is 0. The maximum atomic E-state index is 12.6.